The second-order valence-electron chi connectivity index (χ2n) is 4.20. The third kappa shape index (κ3) is 3.39. The van der Waals surface area contributed by atoms with E-state index in [0.29, 0.717) is 35.3 Å². The summed E-state index contributed by atoms with van der Waals surface area (Å²) < 4.78 is 16.2. The SMILES string of the molecule is CCC(C)COc1c(OC)cc(C=O)cc1OC. The lowest BCUT2D eigenvalue weighted by atomic mass is 10.1. The van der Waals surface area contributed by atoms with Gasteiger partial charge in [0, 0.05) is 5.56 Å². The van der Waals surface area contributed by atoms with Gasteiger partial charge < -0.3 is 14.2 Å². The van der Waals surface area contributed by atoms with Crippen LogP contribution in [0.1, 0.15) is 30.6 Å². The molecule has 0 saturated carbocycles. The van der Waals surface area contributed by atoms with Crippen LogP contribution < -0.4 is 14.2 Å². The minimum Gasteiger partial charge on any atom is -0.493 e. The first-order valence-corrected chi connectivity index (χ1v) is 6.00. The van der Waals surface area contributed by atoms with Crippen molar-refractivity contribution in [1.29, 1.82) is 0 Å². The first-order chi connectivity index (χ1) is 8.65. The van der Waals surface area contributed by atoms with Crippen molar-refractivity contribution < 1.29 is 19.0 Å². The van der Waals surface area contributed by atoms with Gasteiger partial charge in [0.05, 0.1) is 20.8 Å². The molecular formula is C14H20O4. The van der Waals surface area contributed by atoms with E-state index in [1.165, 1.54) is 0 Å². The van der Waals surface area contributed by atoms with Gasteiger partial charge in [0.2, 0.25) is 5.75 Å². The molecule has 0 heterocycles. The Labute approximate surface area is 108 Å². The molecule has 0 aliphatic carbocycles. The smallest absolute Gasteiger partial charge is 0.203 e. The van der Waals surface area contributed by atoms with Crippen molar-refractivity contribution in [3.63, 3.8) is 0 Å². The molecule has 0 N–H and O–H groups in total. The highest BCUT2D eigenvalue weighted by atomic mass is 16.5. The van der Waals surface area contributed by atoms with Gasteiger partial charge >= 0.3 is 0 Å². The summed E-state index contributed by atoms with van der Waals surface area (Å²) in [5.41, 5.74) is 0.500. The molecule has 0 fully saturated rings. The molecule has 1 atom stereocenters. The van der Waals surface area contributed by atoms with E-state index in [0.717, 1.165) is 12.7 Å². The van der Waals surface area contributed by atoms with Gasteiger partial charge in [0.25, 0.3) is 0 Å². The Hall–Kier alpha value is -1.71. The fourth-order valence-corrected chi connectivity index (χ4v) is 1.45. The van der Waals surface area contributed by atoms with Crippen molar-refractivity contribution >= 4 is 6.29 Å². The van der Waals surface area contributed by atoms with Gasteiger partial charge in [0.15, 0.2) is 11.5 Å². The van der Waals surface area contributed by atoms with E-state index in [2.05, 4.69) is 13.8 Å². The lowest BCUT2D eigenvalue weighted by Gasteiger charge is -2.17. The molecule has 4 nitrogen and oxygen atoms in total. The summed E-state index contributed by atoms with van der Waals surface area (Å²) in [4.78, 5) is 10.8. The zero-order valence-electron chi connectivity index (χ0n) is 11.4. The Morgan fingerprint density at radius 2 is 1.78 bits per heavy atom. The molecule has 0 spiro atoms. The molecule has 0 saturated heterocycles. The second kappa shape index (κ2) is 6.89. The number of carbonyl (C=O) groups is 1. The Bertz CT molecular complexity index is 376. The lowest BCUT2D eigenvalue weighted by Crippen LogP contribution is -2.09. The van der Waals surface area contributed by atoms with E-state index in [4.69, 9.17) is 14.2 Å². The molecule has 1 rings (SSSR count). The van der Waals surface area contributed by atoms with E-state index in [-0.39, 0.29) is 0 Å². The van der Waals surface area contributed by atoms with Gasteiger partial charge in [0.1, 0.15) is 6.29 Å². The number of methoxy groups -OCH3 is 2. The lowest BCUT2D eigenvalue weighted by molar-refractivity contribution is 0.112. The van der Waals surface area contributed by atoms with Gasteiger partial charge in [-0.2, -0.15) is 0 Å². The largest absolute Gasteiger partial charge is 0.493 e. The Morgan fingerprint density at radius 1 is 1.22 bits per heavy atom. The zero-order chi connectivity index (χ0) is 13.5. The number of aldehydes is 1. The van der Waals surface area contributed by atoms with E-state index in [9.17, 15) is 4.79 Å². The van der Waals surface area contributed by atoms with Crippen LogP contribution in [0.4, 0.5) is 0 Å². The number of ether oxygens (including phenoxy) is 3. The van der Waals surface area contributed by atoms with Crippen molar-refractivity contribution in [3.05, 3.63) is 17.7 Å². The molecule has 0 amide bonds. The molecule has 100 valence electrons. The van der Waals surface area contributed by atoms with Crippen LogP contribution in [-0.2, 0) is 0 Å². The number of hydrogen-bond donors (Lipinski definition) is 0. The summed E-state index contributed by atoms with van der Waals surface area (Å²) in [7, 11) is 3.08. The third-order valence-electron chi connectivity index (χ3n) is 2.83. The second-order valence-corrected chi connectivity index (χ2v) is 4.20. The minimum absolute atomic E-state index is 0.449. The molecule has 18 heavy (non-hydrogen) atoms. The summed E-state index contributed by atoms with van der Waals surface area (Å²) >= 11 is 0. The van der Waals surface area contributed by atoms with Crippen LogP contribution in [0.5, 0.6) is 17.2 Å². The fourth-order valence-electron chi connectivity index (χ4n) is 1.45. The quantitative estimate of drug-likeness (QED) is 0.700. The van der Waals surface area contributed by atoms with Gasteiger partial charge in [-0.1, -0.05) is 20.3 Å². The predicted molar refractivity (Wildman–Crippen MR) is 69.9 cm³/mol. The Morgan fingerprint density at radius 3 is 2.17 bits per heavy atom. The summed E-state index contributed by atoms with van der Waals surface area (Å²) in [5.74, 6) is 2.02. The van der Waals surface area contributed by atoms with Gasteiger partial charge in [-0.3, -0.25) is 4.79 Å². The van der Waals surface area contributed by atoms with Crippen molar-refractivity contribution in [3.8, 4) is 17.2 Å². The first kappa shape index (κ1) is 14.4. The van der Waals surface area contributed by atoms with Crippen molar-refractivity contribution in [1.82, 2.24) is 0 Å². The fraction of sp³-hybridized carbons (Fsp3) is 0.500. The molecule has 0 aliphatic rings. The van der Waals surface area contributed by atoms with Gasteiger partial charge in [-0.15, -0.1) is 0 Å². The van der Waals surface area contributed by atoms with Crippen molar-refractivity contribution in [2.75, 3.05) is 20.8 Å². The standard InChI is InChI=1S/C14H20O4/c1-5-10(2)9-18-14-12(16-3)6-11(8-15)7-13(14)17-4/h6-8,10H,5,9H2,1-4H3. The van der Waals surface area contributed by atoms with E-state index >= 15 is 0 Å². The molecule has 1 aromatic rings. The third-order valence-corrected chi connectivity index (χ3v) is 2.83. The molecule has 0 aliphatic heterocycles. The summed E-state index contributed by atoms with van der Waals surface area (Å²) in [5, 5.41) is 0. The highest BCUT2D eigenvalue weighted by Crippen LogP contribution is 2.38. The van der Waals surface area contributed by atoms with Crippen LogP contribution in [0.2, 0.25) is 0 Å². The molecule has 1 unspecified atom stereocenters. The summed E-state index contributed by atoms with van der Waals surface area (Å²) in [6.45, 7) is 4.81. The van der Waals surface area contributed by atoms with Gasteiger partial charge in [-0.25, -0.2) is 0 Å². The monoisotopic (exact) mass is 252 g/mol. The van der Waals surface area contributed by atoms with E-state index in [1.807, 2.05) is 0 Å². The normalized spacial score (nSPS) is 11.8. The highest BCUT2D eigenvalue weighted by molar-refractivity contribution is 5.78. The predicted octanol–water partition coefficient (Wildman–Crippen LogP) is 2.94. The Kier molecular flexibility index (Phi) is 5.49. The average molecular weight is 252 g/mol. The molecular weight excluding hydrogens is 232 g/mol. The van der Waals surface area contributed by atoms with Gasteiger partial charge in [-0.05, 0) is 18.1 Å². The topological polar surface area (TPSA) is 44.8 Å². The summed E-state index contributed by atoms with van der Waals surface area (Å²) in [6.07, 6.45) is 1.79. The number of hydrogen-bond acceptors (Lipinski definition) is 4. The first-order valence-electron chi connectivity index (χ1n) is 6.00. The van der Waals surface area contributed by atoms with Crippen LogP contribution in [-0.4, -0.2) is 27.1 Å². The molecule has 4 heteroatoms. The molecule has 0 aromatic heterocycles. The number of benzene rings is 1. The highest BCUT2D eigenvalue weighted by Gasteiger charge is 2.14. The van der Waals surface area contributed by atoms with Crippen LogP contribution in [0.25, 0.3) is 0 Å². The zero-order valence-corrected chi connectivity index (χ0v) is 11.4. The minimum atomic E-state index is 0.449. The van der Waals surface area contributed by atoms with E-state index in [1.54, 1.807) is 26.4 Å². The molecule has 0 bridgehead atoms. The van der Waals surface area contributed by atoms with E-state index < -0.39 is 0 Å². The van der Waals surface area contributed by atoms with Crippen LogP contribution >= 0.6 is 0 Å². The molecule has 0 radical (unpaired) electrons. The van der Waals surface area contributed by atoms with Crippen LogP contribution in [0.3, 0.4) is 0 Å². The number of carbonyl (C=O) groups excluding carboxylic acids is 1. The maximum Gasteiger partial charge on any atom is 0.203 e. The molecule has 1 aromatic carbocycles. The summed E-state index contributed by atoms with van der Waals surface area (Å²) in [6, 6.07) is 3.28. The maximum atomic E-state index is 10.8. The average Bonchev–Trinajstić information content (AvgIpc) is 2.43. The number of rotatable bonds is 7. The van der Waals surface area contributed by atoms with Crippen LogP contribution in [0.15, 0.2) is 12.1 Å². The van der Waals surface area contributed by atoms with Crippen molar-refractivity contribution in [2.45, 2.75) is 20.3 Å². The van der Waals surface area contributed by atoms with Crippen molar-refractivity contribution in [2.24, 2.45) is 5.92 Å². The van der Waals surface area contributed by atoms with Crippen LogP contribution in [0, 0.1) is 5.92 Å². The Balaban J connectivity index is 3.03. The maximum absolute atomic E-state index is 10.8.